The highest BCUT2D eigenvalue weighted by atomic mass is 35.5. The number of rotatable bonds is 4. The highest BCUT2D eigenvalue weighted by Crippen LogP contribution is 2.25. The van der Waals surface area contributed by atoms with E-state index in [4.69, 9.17) is 16.3 Å². The summed E-state index contributed by atoms with van der Waals surface area (Å²) in [7, 11) is 0. The Labute approximate surface area is 139 Å². The van der Waals surface area contributed by atoms with Crippen molar-refractivity contribution in [2.75, 3.05) is 6.61 Å². The van der Waals surface area contributed by atoms with Crippen molar-refractivity contribution in [1.82, 2.24) is 9.78 Å². The van der Waals surface area contributed by atoms with Crippen molar-refractivity contribution in [1.29, 1.82) is 5.26 Å². The molecule has 1 heterocycles. The van der Waals surface area contributed by atoms with E-state index in [1.807, 2.05) is 13.0 Å². The van der Waals surface area contributed by atoms with Gasteiger partial charge in [0.25, 0.3) is 5.91 Å². The molecule has 118 valence electrons. The first-order valence-corrected chi connectivity index (χ1v) is 7.46. The highest BCUT2D eigenvalue weighted by molar-refractivity contribution is 6.30. The van der Waals surface area contributed by atoms with E-state index in [9.17, 15) is 10.1 Å². The molecular weight excluding hydrogens is 314 g/mol. The number of nitrogens with zero attached hydrogens (tertiary/aromatic N) is 3. The largest absolute Gasteiger partial charge is 0.493 e. The number of carbonyl (C=O) groups is 1. The molecule has 0 spiro atoms. The van der Waals surface area contributed by atoms with E-state index in [1.54, 1.807) is 38.1 Å². The van der Waals surface area contributed by atoms with Crippen LogP contribution in [-0.2, 0) is 0 Å². The molecule has 5 nitrogen and oxygen atoms in total. The Balaban J connectivity index is 2.47. The van der Waals surface area contributed by atoms with Crippen molar-refractivity contribution < 1.29 is 9.53 Å². The maximum atomic E-state index is 12.5. The Morgan fingerprint density at radius 1 is 1.43 bits per heavy atom. The number of hydrogen-bond donors (Lipinski definition) is 0. The van der Waals surface area contributed by atoms with E-state index >= 15 is 0 Å². The zero-order valence-electron chi connectivity index (χ0n) is 13.1. The van der Waals surface area contributed by atoms with Gasteiger partial charge in [-0.15, -0.1) is 0 Å². The van der Waals surface area contributed by atoms with Crippen LogP contribution in [0.3, 0.4) is 0 Å². The van der Waals surface area contributed by atoms with Crippen molar-refractivity contribution in [2.45, 2.75) is 20.8 Å². The number of benzene rings is 1. The molecule has 0 saturated carbocycles. The van der Waals surface area contributed by atoms with Crippen LogP contribution in [0.4, 0.5) is 0 Å². The second-order valence-electron chi connectivity index (χ2n) is 4.93. The summed E-state index contributed by atoms with van der Waals surface area (Å²) >= 11 is 6.00. The normalized spacial score (nSPS) is 11.2. The maximum Gasteiger partial charge on any atom is 0.289 e. The second-order valence-corrected chi connectivity index (χ2v) is 5.37. The van der Waals surface area contributed by atoms with E-state index in [-0.39, 0.29) is 5.57 Å². The molecular formula is C17H16ClN3O2. The Hall–Kier alpha value is -2.58. The summed E-state index contributed by atoms with van der Waals surface area (Å²) in [5.74, 6) is 0.0753. The highest BCUT2D eigenvalue weighted by Gasteiger charge is 2.16. The number of aryl methyl sites for hydroxylation is 2. The fourth-order valence-electron chi connectivity index (χ4n) is 2.16. The minimum Gasteiger partial charge on any atom is -0.493 e. The van der Waals surface area contributed by atoms with Crippen LogP contribution in [0, 0.1) is 25.2 Å². The first kappa shape index (κ1) is 16.8. The summed E-state index contributed by atoms with van der Waals surface area (Å²) in [5, 5.41) is 14.0. The van der Waals surface area contributed by atoms with E-state index in [2.05, 4.69) is 5.10 Å². The van der Waals surface area contributed by atoms with Gasteiger partial charge in [0, 0.05) is 16.3 Å². The molecule has 0 saturated heterocycles. The van der Waals surface area contributed by atoms with Gasteiger partial charge in [-0.25, -0.2) is 4.68 Å². The van der Waals surface area contributed by atoms with Crippen LogP contribution in [0.5, 0.6) is 5.75 Å². The van der Waals surface area contributed by atoms with Crippen LogP contribution < -0.4 is 4.74 Å². The zero-order valence-corrected chi connectivity index (χ0v) is 13.9. The lowest BCUT2D eigenvalue weighted by atomic mass is 10.1. The minimum absolute atomic E-state index is 0.0422. The zero-order chi connectivity index (χ0) is 17.0. The van der Waals surface area contributed by atoms with Crippen LogP contribution in [0.25, 0.3) is 6.08 Å². The molecule has 0 aliphatic heterocycles. The van der Waals surface area contributed by atoms with E-state index < -0.39 is 5.91 Å². The van der Waals surface area contributed by atoms with Crippen molar-refractivity contribution in [3.05, 3.63) is 51.8 Å². The molecule has 0 aliphatic carbocycles. The topological polar surface area (TPSA) is 67.9 Å². The summed E-state index contributed by atoms with van der Waals surface area (Å²) in [6.07, 6.45) is 1.47. The SMILES string of the molecule is CCOc1ccc(Cl)cc1/C=C(\C#N)C(=O)n1nc(C)cc1C. The van der Waals surface area contributed by atoms with E-state index in [0.29, 0.717) is 34.3 Å². The number of nitriles is 1. The van der Waals surface area contributed by atoms with Crippen LogP contribution in [0.2, 0.25) is 5.02 Å². The quantitative estimate of drug-likeness (QED) is 0.632. The first-order valence-electron chi connectivity index (χ1n) is 7.08. The number of ether oxygens (including phenoxy) is 1. The third kappa shape index (κ3) is 3.79. The number of hydrogen-bond acceptors (Lipinski definition) is 4. The first-order chi connectivity index (χ1) is 11.0. The minimum atomic E-state index is -0.486. The van der Waals surface area contributed by atoms with Gasteiger partial charge in [-0.1, -0.05) is 11.6 Å². The molecule has 1 aromatic carbocycles. The Kier molecular flexibility index (Phi) is 5.20. The lowest BCUT2D eigenvalue weighted by molar-refractivity contribution is 0.0944. The van der Waals surface area contributed by atoms with Gasteiger partial charge >= 0.3 is 0 Å². The van der Waals surface area contributed by atoms with Crippen molar-refractivity contribution in [2.24, 2.45) is 0 Å². The van der Waals surface area contributed by atoms with Gasteiger partial charge in [0.1, 0.15) is 17.4 Å². The molecule has 0 fully saturated rings. The third-order valence-electron chi connectivity index (χ3n) is 3.12. The van der Waals surface area contributed by atoms with Gasteiger partial charge < -0.3 is 4.74 Å². The third-order valence-corrected chi connectivity index (χ3v) is 3.36. The van der Waals surface area contributed by atoms with Gasteiger partial charge in [0.15, 0.2) is 0 Å². The van der Waals surface area contributed by atoms with E-state index in [0.717, 1.165) is 0 Å². The number of allylic oxidation sites excluding steroid dienone is 1. The van der Waals surface area contributed by atoms with Crippen LogP contribution in [-0.4, -0.2) is 22.3 Å². The fourth-order valence-corrected chi connectivity index (χ4v) is 2.35. The molecule has 1 aromatic heterocycles. The van der Waals surface area contributed by atoms with Gasteiger partial charge in [0.05, 0.1) is 12.3 Å². The Morgan fingerprint density at radius 3 is 2.74 bits per heavy atom. The van der Waals surface area contributed by atoms with Crippen molar-refractivity contribution >= 4 is 23.6 Å². The summed E-state index contributed by atoms with van der Waals surface area (Å²) in [5.41, 5.74) is 1.92. The average molecular weight is 330 g/mol. The molecule has 0 atom stereocenters. The smallest absolute Gasteiger partial charge is 0.289 e. The molecule has 0 N–H and O–H groups in total. The Morgan fingerprint density at radius 2 is 2.17 bits per heavy atom. The van der Waals surface area contributed by atoms with Gasteiger partial charge in [0.2, 0.25) is 0 Å². The van der Waals surface area contributed by atoms with E-state index in [1.165, 1.54) is 10.8 Å². The number of carbonyl (C=O) groups excluding carboxylic acids is 1. The molecule has 0 amide bonds. The number of aromatic nitrogens is 2. The summed E-state index contributed by atoms with van der Waals surface area (Å²) in [6.45, 7) is 5.87. The lowest BCUT2D eigenvalue weighted by Crippen LogP contribution is -2.15. The summed E-state index contributed by atoms with van der Waals surface area (Å²) < 4.78 is 6.72. The van der Waals surface area contributed by atoms with Gasteiger partial charge in [-0.05, 0) is 51.1 Å². The second kappa shape index (κ2) is 7.12. The fraction of sp³-hybridized carbons (Fsp3) is 0.235. The predicted molar refractivity (Wildman–Crippen MR) is 88.5 cm³/mol. The molecule has 0 bridgehead atoms. The van der Waals surface area contributed by atoms with Crippen LogP contribution in [0.1, 0.15) is 28.7 Å². The standard InChI is InChI=1S/C17H16ClN3O2/c1-4-23-16-6-5-15(18)9-13(16)8-14(10-19)17(22)21-12(3)7-11(2)20-21/h5-9H,4H2,1-3H3/b14-8+. The van der Waals surface area contributed by atoms with Gasteiger partial charge in [-0.2, -0.15) is 10.4 Å². The predicted octanol–water partition coefficient (Wildman–Crippen LogP) is 3.80. The molecule has 2 rings (SSSR count). The van der Waals surface area contributed by atoms with Crippen LogP contribution in [0.15, 0.2) is 29.8 Å². The lowest BCUT2D eigenvalue weighted by Gasteiger charge is -2.08. The molecule has 0 unspecified atom stereocenters. The van der Waals surface area contributed by atoms with Crippen molar-refractivity contribution in [3.8, 4) is 11.8 Å². The van der Waals surface area contributed by atoms with Gasteiger partial charge in [-0.3, -0.25) is 4.79 Å². The molecule has 6 heteroatoms. The Bertz CT molecular complexity index is 816. The molecule has 0 radical (unpaired) electrons. The molecule has 23 heavy (non-hydrogen) atoms. The summed E-state index contributed by atoms with van der Waals surface area (Å²) in [6, 6.07) is 8.76. The van der Waals surface area contributed by atoms with Crippen molar-refractivity contribution in [3.63, 3.8) is 0 Å². The molecule has 2 aromatic rings. The number of halogens is 1. The monoisotopic (exact) mass is 329 g/mol. The maximum absolute atomic E-state index is 12.5. The van der Waals surface area contributed by atoms with Crippen LogP contribution >= 0.6 is 11.6 Å². The molecule has 0 aliphatic rings. The average Bonchev–Trinajstić information content (AvgIpc) is 2.85. The summed E-state index contributed by atoms with van der Waals surface area (Å²) in [4.78, 5) is 12.5.